The first-order chi connectivity index (χ1) is 9.07. The molecule has 0 aromatic carbocycles. The van der Waals surface area contributed by atoms with E-state index in [4.69, 9.17) is 4.74 Å². The Morgan fingerprint density at radius 3 is 2.95 bits per heavy atom. The number of halogens is 1. The van der Waals surface area contributed by atoms with Gasteiger partial charge in [-0.15, -0.1) is 6.58 Å². The van der Waals surface area contributed by atoms with Crippen LogP contribution in [0, 0.1) is 0 Å². The summed E-state index contributed by atoms with van der Waals surface area (Å²) < 4.78 is 7.32. The summed E-state index contributed by atoms with van der Waals surface area (Å²) in [4.78, 5) is 12.0. The van der Waals surface area contributed by atoms with Crippen LogP contribution < -0.4 is 10.9 Å². The molecule has 0 aliphatic heterocycles. The van der Waals surface area contributed by atoms with Crippen molar-refractivity contribution in [2.75, 3.05) is 25.1 Å². The molecule has 1 aromatic rings. The lowest BCUT2D eigenvalue weighted by molar-refractivity contribution is 0.149. The number of rotatable bonds is 8. The van der Waals surface area contributed by atoms with Gasteiger partial charge in [0.15, 0.2) is 0 Å². The Hall–Kier alpha value is -1.14. The molecule has 0 amide bonds. The molecule has 0 radical (unpaired) electrons. The molecular weight excluding hydrogens is 310 g/mol. The van der Waals surface area contributed by atoms with E-state index in [2.05, 4.69) is 32.9 Å². The van der Waals surface area contributed by atoms with Crippen molar-refractivity contribution in [1.29, 1.82) is 0 Å². The molecule has 1 aromatic heterocycles. The molecule has 6 heteroatoms. The molecular formula is C13H20BrN3O2. The van der Waals surface area contributed by atoms with Crippen LogP contribution >= 0.6 is 15.9 Å². The standard InChI is InChI=1S/C13H20BrN3O2/c1-4-5-7-19-8-6-15-11-9-16-17(10(2)3)13(18)12(11)14/h4,9-10,15H,1,5-8H2,2-3H3. The number of hydrogen-bond donors (Lipinski definition) is 1. The quantitative estimate of drug-likeness (QED) is 0.588. The first-order valence-electron chi connectivity index (χ1n) is 6.27. The van der Waals surface area contributed by atoms with E-state index in [1.165, 1.54) is 4.68 Å². The molecule has 5 nitrogen and oxygen atoms in total. The van der Waals surface area contributed by atoms with Crippen LogP contribution in [0.5, 0.6) is 0 Å². The highest BCUT2D eigenvalue weighted by atomic mass is 79.9. The van der Waals surface area contributed by atoms with Gasteiger partial charge in [0.2, 0.25) is 0 Å². The van der Waals surface area contributed by atoms with Crippen molar-refractivity contribution < 1.29 is 4.74 Å². The van der Waals surface area contributed by atoms with Gasteiger partial charge in [-0.25, -0.2) is 4.68 Å². The minimum atomic E-state index is -0.132. The number of hydrogen-bond acceptors (Lipinski definition) is 4. The summed E-state index contributed by atoms with van der Waals surface area (Å²) in [6, 6.07) is 0.0417. The van der Waals surface area contributed by atoms with Gasteiger partial charge in [-0.3, -0.25) is 4.79 Å². The van der Waals surface area contributed by atoms with E-state index in [-0.39, 0.29) is 11.6 Å². The Balaban J connectivity index is 2.53. The predicted octanol–water partition coefficient (Wildman–Crippen LogP) is 2.59. The summed E-state index contributed by atoms with van der Waals surface area (Å²) in [6.07, 6.45) is 4.31. The lowest BCUT2D eigenvalue weighted by Gasteiger charge is -2.12. The van der Waals surface area contributed by atoms with Gasteiger partial charge in [0.25, 0.3) is 5.56 Å². The molecule has 1 rings (SSSR count). The summed E-state index contributed by atoms with van der Waals surface area (Å²) >= 11 is 3.30. The third-order valence-electron chi connectivity index (χ3n) is 2.46. The number of aromatic nitrogens is 2. The maximum absolute atomic E-state index is 12.0. The summed E-state index contributed by atoms with van der Waals surface area (Å²) in [6.45, 7) is 9.33. The molecule has 19 heavy (non-hydrogen) atoms. The second kappa shape index (κ2) is 8.12. The van der Waals surface area contributed by atoms with Crippen LogP contribution in [0.3, 0.4) is 0 Å². The topological polar surface area (TPSA) is 56.1 Å². The Kier molecular flexibility index (Phi) is 6.80. The molecule has 0 aliphatic carbocycles. The first kappa shape index (κ1) is 15.9. The highest BCUT2D eigenvalue weighted by Crippen LogP contribution is 2.16. The zero-order chi connectivity index (χ0) is 14.3. The van der Waals surface area contributed by atoms with E-state index < -0.39 is 0 Å². The molecule has 0 unspecified atom stereocenters. The van der Waals surface area contributed by atoms with Crippen LogP contribution in [0.1, 0.15) is 26.3 Å². The first-order valence-corrected chi connectivity index (χ1v) is 7.07. The highest BCUT2D eigenvalue weighted by Gasteiger charge is 2.10. The average molecular weight is 330 g/mol. The number of ether oxygens (including phenoxy) is 1. The predicted molar refractivity (Wildman–Crippen MR) is 80.7 cm³/mol. The van der Waals surface area contributed by atoms with Crippen LogP contribution in [-0.2, 0) is 4.74 Å². The number of nitrogens with one attached hydrogen (secondary N) is 1. The fourth-order valence-electron chi connectivity index (χ4n) is 1.46. The molecule has 0 spiro atoms. The molecule has 1 heterocycles. The SMILES string of the molecule is C=CCCOCCNc1cnn(C(C)C)c(=O)c1Br. The van der Waals surface area contributed by atoms with Gasteiger partial charge >= 0.3 is 0 Å². The molecule has 0 saturated carbocycles. The van der Waals surface area contributed by atoms with E-state index in [0.29, 0.717) is 29.9 Å². The molecule has 0 bridgehead atoms. The number of anilines is 1. The Morgan fingerprint density at radius 1 is 1.58 bits per heavy atom. The molecule has 0 fully saturated rings. The number of nitrogens with zero attached hydrogens (tertiary/aromatic N) is 2. The fourth-order valence-corrected chi connectivity index (χ4v) is 1.89. The van der Waals surface area contributed by atoms with Crippen LogP contribution in [0.4, 0.5) is 5.69 Å². The second-order valence-corrected chi connectivity index (χ2v) is 5.13. The summed E-state index contributed by atoms with van der Waals surface area (Å²) in [5.41, 5.74) is 0.557. The smallest absolute Gasteiger partial charge is 0.283 e. The Bertz CT molecular complexity index is 471. The van der Waals surface area contributed by atoms with Crippen molar-refractivity contribution in [2.45, 2.75) is 26.3 Å². The monoisotopic (exact) mass is 329 g/mol. The zero-order valence-corrected chi connectivity index (χ0v) is 12.9. The van der Waals surface area contributed by atoms with Crippen molar-refractivity contribution >= 4 is 21.6 Å². The Labute approximate surface area is 121 Å². The summed E-state index contributed by atoms with van der Waals surface area (Å²) in [5.74, 6) is 0. The average Bonchev–Trinajstić information content (AvgIpc) is 2.38. The normalized spacial score (nSPS) is 10.7. The Morgan fingerprint density at radius 2 is 2.32 bits per heavy atom. The third-order valence-corrected chi connectivity index (χ3v) is 3.23. The maximum atomic E-state index is 12.0. The van der Waals surface area contributed by atoms with Crippen molar-refractivity contribution in [1.82, 2.24) is 9.78 Å². The van der Waals surface area contributed by atoms with Crippen LogP contribution in [-0.4, -0.2) is 29.5 Å². The van der Waals surface area contributed by atoms with Gasteiger partial charge in [0, 0.05) is 6.54 Å². The molecule has 106 valence electrons. The van der Waals surface area contributed by atoms with Crippen molar-refractivity contribution in [3.05, 3.63) is 33.7 Å². The largest absolute Gasteiger partial charge is 0.380 e. The van der Waals surface area contributed by atoms with Crippen molar-refractivity contribution in [2.24, 2.45) is 0 Å². The van der Waals surface area contributed by atoms with Gasteiger partial charge in [0.05, 0.1) is 31.1 Å². The second-order valence-electron chi connectivity index (χ2n) is 4.33. The van der Waals surface area contributed by atoms with Crippen molar-refractivity contribution in [3.8, 4) is 0 Å². The van der Waals surface area contributed by atoms with Crippen LogP contribution in [0.15, 0.2) is 28.1 Å². The highest BCUT2D eigenvalue weighted by molar-refractivity contribution is 9.10. The summed E-state index contributed by atoms with van der Waals surface area (Å²) in [5, 5.41) is 7.25. The lowest BCUT2D eigenvalue weighted by Crippen LogP contribution is -2.26. The van der Waals surface area contributed by atoms with E-state index >= 15 is 0 Å². The van der Waals surface area contributed by atoms with Gasteiger partial charge in [-0.2, -0.15) is 5.10 Å². The molecule has 0 atom stereocenters. The third kappa shape index (κ3) is 4.80. The summed E-state index contributed by atoms with van der Waals surface area (Å²) in [7, 11) is 0. The molecule has 0 saturated heterocycles. The van der Waals surface area contributed by atoms with E-state index in [0.717, 1.165) is 6.42 Å². The van der Waals surface area contributed by atoms with E-state index in [9.17, 15) is 4.79 Å². The van der Waals surface area contributed by atoms with Crippen molar-refractivity contribution in [3.63, 3.8) is 0 Å². The zero-order valence-electron chi connectivity index (χ0n) is 11.4. The minimum Gasteiger partial charge on any atom is -0.380 e. The van der Waals surface area contributed by atoms with Gasteiger partial charge in [-0.1, -0.05) is 6.08 Å². The fraction of sp³-hybridized carbons (Fsp3) is 0.538. The van der Waals surface area contributed by atoms with Gasteiger partial charge in [-0.05, 0) is 36.2 Å². The maximum Gasteiger partial charge on any atom is 0.283 e. The van der Waals surface area contributed by atoms with Gasteiger partial charge < -0.3 is 10.1 Å². The molecule has 1 N–H and O–H groups in total. The van der Waals surface area contributed by atoms with E-state index in [1.807, 2.05) is 19.9 Å². The minimum absolute atomic E-state index is 0.0417. The van der Waals surface area contributed by atoms with E-state index in [1.54, 1.807) is 6.20 Å². The lowest BCUT2D eigenvalue weighted by atomic mass is 10.4. The van der Waals surface area contributed by atoms with Gasteiger partial charge in [0.1, 0.15) is 4.47 Å². The van der Waals surface area contributed by atoms with Crippen LogP contribution in [0.2, 0.25) is 0 Å². The molecule has 0 aliphatic rings. The van der Waals surface area contributed by atoms with Crippen LogP contribution in [0.25, 0.3) is 0 Å².